The summed E-state index contributed by atoms with van der Waals surface area (Å²) in [6.45, 7) is 11.6. The van der Waals surface area contributed by atoms with E-state index in [-0.39, 0.29) is 5.91 Å². The smallest absolute Gasteiger partial charge is 0.224 e. The number of aromatic nitrogens is 1. The molecular formula is C18H29N3O2. The van der Waals surface area contributed by atoms with Crippen molar-refractivity contribution in [3.63, 3.8) is 0 Å². The molecule has 0 unspecified atom stereocenters. The van der Waals surface area contributed by atoms with Gasteiger partial charge in [-0.2, -0.15) is 0 Å². The first kappa shape index (κ1) is 17.7. The predicted octanol–water partition coefficient (Wildman–Crippen LogP) is 3.30. The van der Waals surface area contributed by atoms with E-state index in [1.807, 2.05) is 13.8 Å². The molecular weight excluding hydrogens is 290 g/mol. The molecule has 5 heteroatoms. The number of anilines is 2. The number of carbonyl (C=O) groups is 1. The fourth-order valence-electron chi connectivity index (χ4n) is 2.83. The minimum Gasteiger partial charge on any atom is -0.378 e. The van der Waals surface area contributed by atoms with Crippen molar-refractivity contribution in [1.29, 1.82) is 0 Å². The van der Waals surface area contributed by atoms with Gasteiger partial charge in [0.2, 0.25) is 5.91 Å². The van der Waals surface area contributed by atoms with Crippen LogP contribution < -0.4 is 10.2 Å². The van der Waals surface area contributed by atoms with Crippen LogP contribution in [0.4, 0.5) is 11.5 Å². The number of rotatable bonds is 6. The lowest BCUT2D eigenvalue weighted by Crippen LogP contribution is -2.37. The van der Waals surface area contributed by atoms with E-state index in [4.69, 9.17) is 4.74 Å². The number of nitrogens with zero attached hydrogens (tertiary/aromatic N) is 2. The molecule has 0 radical (unpaired) electrons. The van der Waals surface area contributed by atoms with Crippen LogP contribution >= 0.6 is 0 Å². The number of amides is 1. The molecule has 5 nitrogen and oxygen atoms in total. The Morgan fingerprint density at radius 2 is 2.04 bits per heavy atom. The SMILES string of the molecule is Cc1cc(N2CCOCC2)nc(C)c1NC(=O)CCCC(C)C. The van der Waals surface area contributed by atoms with Gasteiger partial charge in [0.15, 0.2) is 0 Å². The summed E-state index contributed by atoms with van der Waals surface area (Å²) in [4.78, 5) is 19.0. The number of aryl methyl sites for hydroxylation is 2. The van der Waals surface area contributed by atoms with Gasteiger partial charge in [-0.05, 0) is 37.8 Å². The Kier molecular flexibility index (Phi) is 6.39. The van der Waals surface area contributed by atoms with Crippen molar-refractivity contribution < 1.29 is 9.53 Å². The van der Waals surface area contributed by atoms with Gasteiger partial charge in [0, 0.05) is 19.5 Å². The molecule has 0 saturated carbocycles. The van der Waals surface area contributed by atoms with Crippen molar-refractivity contribution in [2.45, 2.75) is 47.0 Å². The molecule has 23 heavy (non-hydrogen) atoms. The summed E-state index contributed by atoms with van der Waals surface area (Å²) in [5, 5.41) is 3.04. The van der Waals surface area contributed by atoms with Gasteiger partial charge in [0.25, 0.3) is 0 Å². The Balaban J connectivity index is 2.00. The van der Waals surface area contributed by atoms with E-state index in [0.29, 0.717) is 12.3 Å². The van der Waals surface area contributed by atoms with Crippen molar-refractivity contribution >= 4 is 17.4 Å². The lowest BCUT2D eigenvalue weighted by atomic mass is 10.1. The molecule has 1 aromatic heterocycles. The number of hydrogen-bond acceptors (Lipinski definition) is 4. The fraction of sp³-hybridized carbons (Fsp3) is 0.667. The Bertz CT molecular complexity index is 514. The number of pyridine rings is 1. The van der Waals surface area contributed by atoms with Crippen molar-refractivity contribution in [3.05, 3.63) is 17.3 Å². The Morgan fingerprint density at radius 3 is 2.65 bits per heavy atom. The zero-order valence-electron chi connectivity index (χ0n) is 14.8. The maximum Gasteiger partial charge on any atom is 0.224 e. The fourth-order valence-corrected chi connectivity index (χ4v) is 2.83. The van der Waals surface area contributed by atoms with Crippen LogP contribution in [-0.2, 0) is 9.53 Å². The third kappa shape index (κ3) is 5.20. The highest BCUT2D eigenvalue weighted by molar-refractivity contribution is 5.92. The van der Waals surface area contributed by atoms with Crippen LogP contribution in [0.2, 0.25) is 0 Å². The molecule has 2 heterocycles. The van der Waals surface area contributed by atoms with Crippen LogP contribution in [0, 0.1) is 19.8 Å². The van der Waals surface area contributed by atoms with E-state index < -0.39 is 0 Å². The van der Waals surface area contributed by atoms with Gasteiger partial charge in [-0.25, -0.2) is 4.98 Å². The van der Waals surface area contributed by atoms with Crippen LogP contribution in [0.5, 0.6) is 0 Å². The highest BCUT2D eigenvalue weighted by atomic mass is 16.5. The maximum absolute atomic E-state index is 12.1. The van der Waals surface area contributed by atoms with Gasteiger partial charge in [-0.3, -0.25) is 4.79 Å². The second-order valence-corrected chi connectivity index (χ2v) is 6.69. The van der Waals surface area contributed by atoms with Gasteiger partial charge in [-0.15, -0.1) is 0 Å². The minimum atomic E-state index is 0.0813. The lowest BCUT2D eigenvalue weighted by Gasteiger charge is -2.28. The molecule has 1 amide bonds. The van der Waals surface area contributed by atoms with E-state index >= 15 is 0 Å². The molecule has 1 aliphatic heterocycles. The van der Waals surface area contributed by atoms with Crippen molar-refractivity contribution in [2.75, 3.05) is 36.5 Å². The first-order valence-corrected chi connectivity index (χ1v) is 8.58. The zero-order valence-corrected chi connectivity index (χ0v) is 14.8. The molecule has 0 atom stereocenters. The second-order valence-electron chi connectivity index (χ2n) is 6.69. The van der Waals surface area contributed by atoms with Gasteiger partial charge >= 0.3 is 0 Å². The van der Waals surface area contributed by atoms with Crippen LogP contribution in [0.15, 0.2) is 6.07 Å². The first-order chi connectivity index (χ1) is 11.0. The van der Waals surface area contributed by atoms with E-state index in [0.717, 1.165) is 61.9 Å². The molecule has 0 aliphatic carbocycles. The van der Waals surface area contributed by atoms with Gasteiger partial charge in [-0.1, -0.05) is 20.3 Å². The topological polar surface area (TPSA) is 54.5 Å². The van der Waals surface area contributed by atoms with Crippen LogP contribution in [0.1, 0.15) is 44.4 Å². The third-order valence-electron chi connectivity index (χ3n) is 4.17. The van der Waals surface area contributed by atoms with Gasteiger partial charge in [0.1, 0.15) is 5.82 Å². The normalized spacial score (nSPS) is 15.1. The average molecular weight is 319 g/mol. The van der Waals surface area contributed by atoms with E-state index in [2.05, 4.69) is 35.1 Å². The molecule has 2 rings (SSSR count). The summed E-state index contributed by atoms with van der Waals surface area (Å²) in [6.07, 6.45) is 2.59. The summed E-state index contributed by atoms with van der Waals surface area (Å²) in [6, 6.07) is 2.06. The van der Waals surface area contributed by atoms with Crippen molar-refractivity contribution in [1.82, 2.24) is 4.98 Å². The molecule has 0 spiro atoms. The van der Waals surface area contributed by atoms with Crippen LogP contribution in [-0.4, -0.2) is 37.2 Å². The molecule has 1 saturated heterocycles. The Hall–Kier alpha value is -1.62. The van der Waals surface area contributed by atoms with Crippen molar-refractivity contribution in [2.24, 2.45) is 5.92 Å². The molecule has 0 aromatic carbocycles. The Labute approximate surface area is 139 Å². The number of nitrogens with one attached hydrogen (secondary N) is 1. The largest absolute Gasteiger partial charge is 0.378 e. The zero-order chi connectivity index (χ0) is 16.8. The lowest BCUT2D eigenvalue weighted by molar-refractivity contribution is -0.116. The molecule has 1 N–H and O–H groups in total. The number of carbonyl (C=O) groups excluding carboxylic acids is 1. The highest BCUT2D eigenvalue weighted by Crippen LogP contribution is 2.24. The Morgan fingerprint density at radius 1 is 1.35 bits per heavy atom. The summed E-state index contributed by atoms with van der Waals surface area (Å²) in [7, 11) is 0. The molecule has 1 aliphatic rings. The third-order valence-corrected chi connectivity index (χ3v) is 4.17. The van der Waals surface area contributed by atoms with Gasteiger partial charge in [0.05, 0.1) is 24.6 Å². The number of ether oxygens (including phenoxy) is 1. The van der Waals surface area contributed by atoms with E-state index in [1.165, 1.54) is 0 Å². The summed E-state index contributed by atoms with van der Waals surface area (Å²) in [5.41, 5.74) is 2.80. The van der Waals surface area contributed by atoms with E-state index in [1.54, 1.807) is 0 Å². The maximum atomic E-state index is 12.1. The minimum absolute atomic E-state index is 0.0813. The monoisotopic (exact) mass is 319 g/mol. The second kappa shape index (κ2) is 8.29. The quantitative estimate of drug-likeness (QED) is 0.874. The van der Waals surface area contributed by atoms with E-state index in [9.17, 15) is 4.79 Å². The predicted molar refractivity (Wildman–Crippen MR) is 94.1 cm³/mol. The highest BCUT2D eigenvalue weighted by Gasteiger charge is 2.16. The summed E-state index contributed by atoms with van der Waals surface area (Å²) < 4.78 is 5.39. The summed E-state index contributed by atoms with van der Waals surface area (Å²) >= 11 is 0. The number of morpholine rings is 1. The number of hydrogen-bond donors (Lipinski definition) is 1. The van der Waals surface area contributed by atoms with Crippen LogP contribution in [0.25, 0.3) is 0 Å². The van der Waals surface area contributed by atoms with Gasteiger partial charge < -0.3 is 15.0 Å². The average Bonchev–Trinajstić information content (AvgIpc) is 2.51. The molecule has 1 aromatic rings. The molecule has 1 fully saturated rings. The molecule has 128 valence electrons. The standard InChI is InChI=1S/C18H29N3O2/c1-13(2)6-5-7-17(22)20-18-14(3)12-16(19-15(18)4)21-8-10-23-11-9-21/h12-13H,5-11H2,1-4H3,(H,20,22). The van der Waals surface area contributed by atoms with Crippen molar-refractivity contribution in [3.8, 4) is 0 Å². The summed E-state index contributed by atoms with van der Waals surface area (Å²) in [5.74, 6) is 1.69. The van der Waals surface area contributed by atoms with Crippen LogP contribution in [0.3, 0.4) is 0 Å². The molecule has 0 bridgehead atoms. The first-order valence-electron chi connectivity index (χ1n) is 8.58.